The number of carbonyl (C=O) groups is 3. The van der Waals surface area contributed by atoms with Gasteiger partial charge in [-0.25, -0.2) is 0 Å². The van der Waals surface area contributed by atoms with Crippen LogP contribution in [0.25, 0.3) is 0 Å². The van der Waals surface area contributed by atoms with Gasteiger partial charge in [-0.3, -0.25) is 14.4 Å². The van der Waals surface area contributed by atoms with E-state index in [9.17, 15) is 29.7 Å². The van der Waals surface area contributed by atoms with Crippen LogP contribution in [0.3, 0.4) is 0 Å². The Kier molecular flexibility index (Phi) is 48.5. The summed E-state index contributed by atoms with van der Waals surface area (Å²) in [7, 11) is 0. The Morgan fingerprint density at radius 2 is 0.652 bits per heavy atom. The lowest BCUT2D eigenvalue weighted by Gasteiger charge is -2.18. The fourth-order valence-electron chi connectivity index (χ4n) is 7.95. The van der Waals surface area contributed by atoms with Crippen molar-refractivity contribution in [1.82, 2.24) is 0 Å². The third-order valence-corrected chi connectivity index (χ3v) is 12.3. The molecular weight excluding hydrogens is 829 g/mol. The third-order valence-electron chi connectivity index (χ3n) is 12.3. The number of hydrogen-bond acceptors (Lipinski definition) is 9. The summed E-state index contributed by atoms with van der Waals surface area (Å²) in [5, 5.41) is 30.4. The predicted octanol–water partition coefficient (Wildman–Crippen LogP) is 15.0. The molecule has 9 heteroatoms. The number of esters is 3. The summed E-state index contributed by atoms with van der Waals surface area (Å²) >= 11 is 0. The van der Waals surface area contributed by atoms with Crippen molar-refractivity contribution in [3.63, 3.8) is 0 Å². The quantitative estimate of drug-likeness (QED) is 0.0235. The van der Waals surface area contributed by atoms with Crippen molar-refractivity contribution < 1.29 is 43.9 Å². The number of allylic oxidation sites excluding steroid dienone is 3. The molecule has 0 aliphatic carbocycles. The first-order valence-corrected chi connectivity index (χ1v) is 27.7. The van der Waals surface area contributed by atoms with Gasteiger partial charge in [0.2, 0.25) is 0 Å². The van der Waals surface area contributed by atoms with Gasteiger partial charge in [0.1, 0.15) is 13.2 Å². The maximum Gasteiger partial charge on any atom is 0.306 e. The third kappa shape index (κ3) is 48.0. The van der Waals surface area contributed by atoms with Crippen LogP contribution in [0.5, 0.6) is 0 Å². The highest BCUT2D eigenvalue weighted by Gasteiger charge is 2.19. The molecule has 66 heavy (non-hydrogen) atoms. The zero-order valence-electron chi connectivity index (χ0n) is 43.1. The number of aliphatic hydroxyl groups is 3. The van der Waals surface area contributed by atoms with Crippen molar-refractivity contribution in [1.29, 1.82) is 0 Å². The lowest BCUT2D eigenvalue weighted by molar-refractivity contribution is -0.167. The highest BCUT2D eigenvalue weighted by molar-refractivity contribution is 5.71. The smallest absolute Gasteiger partial charge is 0.306 e. The van der Waals surface area contributed by atoms with E-state index in [0.29, 0.717) is 19.3 Å². The average Bonchev–Trinajstić information content (AvgIpc) is 3.30. The Morgan fingerprint density at radius 3 is 0.985 bits per heavy atom. The van der Waals surface area contributed by atoms with Gasteiger partial charge in [-0.15, -0.1) is 0 Å². The Labute approximate surface area is 405 Å². The predicted molar refractivity (Wildman–Crippen MR) is 274 cm³/mol. The molecule has 0 bridgehead atoms. The van der Waals surface area contributed by atoms with Gasteiger partial charge in [0.25, 0.3) is 0 Å². The van der Waals surface area contributed by atoms with Gasteiger partial charge in [0.05, 0.1) is 18.3 Å². The Bertz CT molecular complexity index is 1110. The second-order valence-corrected chi connectivity index (χ2v) is 19.0. The van der Waals surface area contributed by atoms with Crippen LogP contribution in [0.4, 0.5) is 0 Å². The molecule has 3 N–H and O–H groups in total. The minimum absolute atomic E-state index is 0.132. The molecule has 0 rings (SSSR count). The van der Waals surface area contributed by atoms with Gasteiger partial charge < -0.3 is 29.5 Å². The Morgan fingerprint density at radius 1 is 0.364 bits per heavy atom. The van der Waals surface area contributed by atoms with E-state index in [-0.39, 0.29) is 55.9 Å². The average molecular weight is 933 g/mol. The standard InChI is InChI=1S/C57H104O9/c1-4-7-10-31-40-51(58)43-34-25-19-13-16-22-28-37-46-55(61)64-49-54(66-57(63)48-39-30-24-18-15-21-27-36-45-53(60)42-33-12-9-6-3)50-65-56(62)47-38-29-23-17-14-20-26-35-44-52(59)41-32-11-8-5-2/h25-27,34-36,51-54,58-60H,4-24,28-33,37-50H2,1-3H3/b34-25-,35-26?,36-27-. The normalized spacial score (nSPS) is 13.7. The topological polar surface area (TPSA) is 140 Å². The molecule has 4 atom stereocenters. The second kappa shape index (κ2) is 50.4. The van der Waals surface area contributed by atoms with E-state index in [1.807, 2.05) is 0 Å². The van der Waals surface area contributed by atoms with Crippen LogP contribution in [-0.4, -0.2) is 70.9 Å². The molecule has 0 aromatic rings. The van der Waals surface area contributed by atoms with Crippen LogP contribution in [0, 0.1) is 0 Å². The molecule has 0 spiro atoms. The van der Waals surface area contributed by atoms with Gasteiger partial charge in [0.15, 0.2) is 6.10 Å². The van der Waals surface area contributed by atoms with Crippen molar-refractivity contribution in [3.05, 3.63) is 36.5 Å². The first-order chi connectivity index (χ1) is 32.2. The molecule has 0 saturated carbocycles. The molecule has 386 valence electrons. The van der Waals surface area contributed by atoms with E-state index >= 15 is 0 Å². The SMILES string of the molecule is CCCCCCC(O)CC=CCCCCCCCC(=O)OCC(COC(=O)CCCCCCC/C=C\CC(O)CCCCCC)OC(=O)CCCCCCC/C=C\CC(O)CCCCCC. The number of rotatable bonds is 50. The van der Waals surface area contributed by atoms with Crippen molar-refractivity contribution in [2.45, 2.75) is 296 Å². The molecule has 0 amide bonds. The molecule has 0 heterocycles. The molecule has 0 saturated heterocycles. The van der Waals surface area contributed by atoms with Gasteiger partial charge >= 0.3 is 17.9 Å². The minimum atomic E-state index is -0.836. The fraction of sp³-hybridized carbons (Fsp3) is 0.842. The molecule has 0 aromatic heterocycles. The summed E-state index contributed by atoms with van der Waals surface area (Å²) in [4.78, 5) is 38.1. The van der Waals surface area contributed by atoms with Crippen LogP contribution in [0.1, 0.15) is 271 Å². The molecular formula is C57H104O9. The van der Waals surface area contributed by atoms with Gasteiger partial charge in [-0.05, 0) is 96.3 Å². The summed E-state index contributed by atoms with van der Waals surface area (Å²) in [6.07, 6.45) is 48.9. The van der Waals surface area contributed by atoms with Gasteiger partial charge in [0, 0.05) is 19.3 Å². The molecule has 0 aliphatic rings. The number of carbonyl (C=O) groups excluding carboxylic acids is 3. The van der Waals surface area contributed by atoms with E-state index < -0.39 is 6.10 Å². The van der Waals surface area contributed by atoms with Crippen LogP contribution >= 0.6 is 0 Å². The summed E-state index contributed by atoms with van der Waals surface area (Å²) in [5.74, 6) is -1.04. The molecule has 0 fully saturated rings. The van der Waals surface area contributed by atoms with Crippen molar-refractivity contribution >= 4 is 17.9 Å². The summed E-state index contributed by atoms with van der Waals surface area (Å²) in [5.41, 5.74) is 0. The highest BCUT2D eigenvalue weighted by Crippen LogP contribution is 2.15. The van der Waals surface area contributed by atoms with E-state index in [2.05, 4.69) is 57.2 Å². The summed E-state index contributed by atoms with van der Waals surface area (Å²) in [6.45, 7) is 6.33. The van der Waals surface area contributed by atoms with Crippen molar-refractivity contribution in [2.75, 3.05) is 13.2 Å². The Hall–Kier alpha value is -2.49. The van der Waals surface area contributed by atoms with Crippen LogP contribution in [0.15, 0.2) is 36.5 Å². The first-order valence-electron chi connectivity index (χ1n) is 27.7. The monoisotopic (exact) mass is 933 g/mol. The first kappa shape index (κ1) is 63.5. The fourth-order valence-corrected chi connectivity index (χ4v) is 7.95. The van der Waals surface area contributed by atoms with Crippen LogP contribution in [-0.2, 0) is 28.6 Å². The highest BCUT2D eigenvalue weighted by atomic mass is 16.6. The maximum absolute atomic E-state index is 12.8. The second-order valence-electron chi connectivity index (χ2n) is 19.0. The summed E-state index contributed by atoms with van der Waals surface area (Å²) < 4.78 is 16.7. The Balaban J connectivity index is 4.51. The molecule has 0 aliphatic heterocycles. The van der Waals surface area contributed by atoms with E-state index in [4.69, 9.17) is 14.2 Å². The number of ether oxygens (including phenoxy) is 3. The van der Waals surface area contributed by atoms with E-state index in [0.717, 1.165) is 167 Å². The van der Waals surface area contributed by atoms with E-state index in [1.165, 1.54) is 57.8 Å². The van der Waals surface area contributed by atoms with Gasteiger partial charge in [-0.2, -0.15) is 0 Å². The van der Waals surface area contributed by atoms with Crippen molar-refractivity contribution in [2.24, 2.45) is 0 Å². The molecule has 9 nitrogen and oxygen atoms in total. The number of aliphatic hydroxyl groups excluding tert-OH is 3. The van der Waals surface area contributed by atoms with Crippen LogP contribution in [0.2, 0.25) is 0 Å². The zero-order chi connectivity index (χ0) is 48.4. The van der Waals surface area contributed by atoms with Crippen LogP contribution < -0.4 is 0 Å². The maximum atomic E-state index is 12.8. The minimum Gasteiger partial charge on any atom is -0.462 e. The lowest BCUT2D eigenvalue weighted by atomic mass is 10.1. The largest absolute Gasteiger partial charge is 0.462 e. The lowest BCUT2D eigenvalue weighted by Crippen LogP contribution is -2.30. The van der Waals surface area contributed by atoms with Gasteiger partial charge in [-0.1, -0.05) is 192 Å². The molecule has 0 aromatic carbocycles. The summed E-state index contributed by atoms with van der Waals surface area (Å²) in [6, 6.07) is 0. The molecule has 0 radical (unpaired) electrons. The number of hydrogen-bond donors (Lipinski definition) is 3. The number of unbranched alkanes of at least 4 members (excludes halogenated alkanes) is 24. The zero-order valence-corrected chi connectivity index (χ0v) is 43.1. The van der Waals surface area contributed by atoms with Crippen molar-refractivity contribution in [3.8, 4) is 0 Å². The molecule has 4 unspecified atom stereocenters. The van der Waals surface area contributed by atoms with E-state index in [1.54, 1.807) is 0 Å².